The molecule has 1 aliphatic rings. The number of carbonyl (C=O) groups is 1. The molecule has 1 fully saturated rings. The number of hydrogen-bond acceptors (Lipinski definition) is 3. The maximum absolute atomic E-state index is 11.9. The molecule has 1 atom stereocenters. The Morgan fingerprint density at radius 1 is 1.73 bits per heavy atom. The summed E-state index contributed by atoms with van der Waals surface area (Å²) in [6.07, 6.45) is 5.35. The Morgan fingerprint density at radius 2 is 2.60 bits per heavy atom. The third-order valence-electron chi connectivity index (χ3n) is 2.73. The SMILES string of the molecule is CN(Cc1ccoc1)C(=O)C1CCCN1. The predicted molar refractivity (Wildman–Crippen MR) is 56.2 cm³/mol. The highest BCUT2D eigenvalue weighted by Crippen LogP contribution is 2.10. The van der Waals surface area contributed by atoms with Gasteiger partial charge in [0.2, 0.25) is 5.91 Å². The van der Waals surface area contributed by atoms with Crippen LogP contribution in [0.15, 0.2) is 23.0 Å². The minimum absolute atomic E-state index is 0.0156. The third kappa shape index (κ3) is 2.39. The zero-order valence-corrected chi connectivity index (χ0v) is 8.90. The van der Waals surface area contributed by atoms with Crippen LogP contribution < -0.4 is 5.32 Å². The quantitative estimate of drug-likeness (QED) is 0.805. The standard InChI is InChI=1S/C11H16N2O2/c1-13(7-9-4-6-15-8-9)11(14)10-3-2-5-12-10/h4,6,8,10,12H,2-3,5,7H2,1H3. The fourth-order valence-electron chi connectivity index (χ4n) is 1.90. The number of rotatable bonds is 3. The number of nitrogens with one attached hydrogen (secondary N) is 1. The van der Waals surface area contributed by atoms with Gasteiger partial charge in [-0.2, -0.15) is 0 Å². The molecule has 0 aliphatic carbocycles. The van der Waals surface area contributed by atoms with Crippen molar-refractivity contribution in [3.05, 3.63) is 24.2 Å². The molecule has 82 valence electrons. The molecule has 2 rings (SSSR count). The minimum Gasteiger partial charge on any atom is -0.472 e. The molecule has 0 saturated carbocycles. The average Bonchev–Trinajstić information content (AvgIpc) is 2.88. The molecule has 1 aromatic heterocycles. The molecule has 4 nitrogen and oxygen atoms in total. The van der Waals surface area contributed by atoms with E-state index < -0.39 is 0 Å². The fraction of sp³-hybridized carbons (Fsp3) is 0.545. The number of furan rings is 1. The predicted octanol–water partition coefficient (Wildman–Crippen LogP) is 0.990. The normalized spacial score (nSPS) is 20.5. The Kier molecular flexibility index (Phi) is 3.06. The Morgan fingerprint density at radius 3 is 3.20 bits per heavy atom. The monoisotopic (exact) mass is 208 g/mol. The Labute approximate surface area is 89.2 Å². The van der Waals surface area contributed by atoms with Crippen LogP contribution in [0.1, 0.15) is 18.4 Å². The van der Waals surface area contributed by atoms with Gasteiger partial charge < -0.3 is 14.6 Å². The van der Waals surface area contributed by atoms with E-state index in [1.54, 1.807) is 17.4 Å². The van der Waals surface area contributed by atoms with Gasteiger partial charge in [0.15, 0.2) is 0 Å². The smallest absolute Gasteiger partial charge is 0.239 e. The van der Waals surface area contributed by atoms with E-state index in [1.165, 1.54) is 0 Å². The Hall–Kier alpha value is -1.29. The second-order valence-corrected chi connectivity index (χ2v) is 3.97. The van der Waals surface area contributed by atoms with Crippen molar-refractivity contribution in [2.24, 2.45) is 0 Å². The molecule has 2 heterocycles. The van der Waals surface area contributed by atoms with Crippen LogP contribution in [-0.4, -0.2) is 30.4 Å². The molecular formula is C11H16N2O2. The van der Waals surface area contributed by atoms with E-state index in [0.717, 1.165) is 24.9 Å². The lowest BCUT2D eigenvalue weighted by Gasteiger charge is -2.20. The van der Waals surface area contributed by atoms with Crippen molar-refractivity contribution in [1.29, 1.82) is 0 Å². The van der Waals surface area contributed by atoms with Gasteiger partial charge in [0.25, 0.3) is 0 Å². The number of nitrogens with zero attached hydrogens (tertiary/aromatic N) is 1. The van der Waals surface area contributed by atoms with Crippen LogP contribution in [0.25, 0.3) is 0 Å². The lowest BCUT2D eigenvalue weighted by atomic mass is 10.2. The number of hydrogen-bond donors (Lipinski definition) is 1. The summed E-state index contributed by atoms with van der Waals surface area (Å²) in [5.74, 6) is 0.175. The molecule has 0 radical (unpaired) electrons. The summed E-state index contributed by atoms with van der Waals surface area (Å²) in [6, 6.07) is 1.90. The molecule has 0 bridgehead atoms. The first kappa shape index (κ1) is 10.2. The topological polar surface area (TPSA) is 45.5 Å². The molecule has 0 aromatic carbocycles. The van der Waals surface area contributed by atoms with E-state index in [4.69, 9.17) is 4.42 Å². The largest absolute Gasteiger partial charge is 0.472 e. The van der Waals surface area contributed by atoms with Gasteiger partial charge in [0.1, 0.15) is 0 Å². The molecule has 4 heteroatoms. The Bertz CT molecular complexity index is 315. The van der Waals surface area contributed by atoms with Crippen LogP contribution in [0.2, 0.25) is 0 Å². The van der Waals surface area contributed by atoms with Crippen molar-refractivity contribution in [3.8, 4) is 0 Å². The lowest BCUT2D eigenvalue weighted by molar-refractivity contribution is -0.132. The molecule has 1 saturated heterocycles. The summed E-state index contributed by atoms with van der Waals surface area (Å²) in [5.41, 5.74) is 1.03. The summed E-state index contributed by atoms with van der Waals surface area (Å²) in [4.78, 5) is 13.6. The highest BCUT2D eigenvalue weighted by molar-refractivity contribution is 5.81. The zero-order valence-electron chi connectivity index (χ0n) is 8.90. The summed E-state index contributed by atoms with van der Waals surface area (Å²) < 4.78 is 4.97. The van der Waals surface area contributed by atoms with Gasteiger partial charge in [-0.05, 0) is 25.5 Å². The highest BCUT2D eigenvalue weighted by Gasteiger charge is 2.24. The molecule has 0 spiro atoms. The molecule has 1 N–H and O–H groups in total. The molecular weight excluding hydrogens is 192 g/mol. The first-order valence-corrected chi connectivity index (χ1v) is 5.27. The summed E-state index contributed by atoms with van der Waals surface area (Å²) in [5, 5.41) is 3.20. The van der Waals surface area contributed by atoms with E-state index in [0.29, 0.717) is 6.54 Å². The van der Waals surface area contributed by atoms with Crippen molar-refractivity contribution < 1.29 is 9.21 Å². The van der Waals surface area contributed by atoms with Crippen molar-refractivity contribution in [2.45, 2.75) is 25.4 Å². The van der Waals surface area contributed by atoms with Crippen LogP contribution in [0.3, 0.4) is 0 Å². The average molecular weight is 208 g/mol. The zero-order chi connectivity index (χ0) is 10.7. The van der Waals surface area contributed by atoms with Crippen molar-refractivity contribution in [3.63, 3.8) is 0 Å². The molecule has 15 heavy (non-hydrogen) atoms. The fourth-order valence-corrected chi connectivity index (χ4v) is 1.90. The number of likely N-dealkylation sites (N-methyl/N-ethyl adjacent to an activating group) is 1. The van der Waals surface area contributed by atoms with Crippen LogP contribution in [0.4, 0.5) is 0 Å². The van der Waals surface area contributed by atoms with Crippen molar-refractivity contribution >= 4 is 5.91 Å². The molecule has 1 aliphatic heterocycles. The van der Waals surface area contributed by atoms with E-state index in [2.05, 4.69) is 5.32 Å². The summed E-state index contributed by atoms with van der Waals surface area (Å²) in [7, 11) is 1.83. The second-order valence-electron chi connectivity index (χ2n) is 3.97. The van der Waals surface area contributed by atoms with Crippen LogP contribution >= 0.6 is 0 Å². The Balaban J connectivity index is 1.89. The van der Waals surface area contributed by atoms with Crippen LogP contribution in [-0.2, 0) is 11.3 Å². The number of amides is 1. The van der Waals surface area contributed by atoms with Gasteiger partial charge in [0, 0.05) is 19.2 Å². The lowest BCUT2D eigenvalue weighted by Crippen LogP contribution is -2.41. The first-order chi connectivity index (χ1) is 7.27. The van der Waals surface area contributed by atoms with Gasteiger partial charge in [-0.1, -0.05) is 0 Å². The first-order valence-electron chi connectivity index (χ1n) is 5.27. The molecule has 1 amide bonds. The van der Waals surface area contributed by atoms with Gasteiger partial charge in [-0.15, -0.1) is 0 Å². The molecule has 1 aromatic rings. The third-order valence-corrected chi connectivity index (χ3v) is 2.73. The van der Waals surface area contributed by atoms with E-state index in [-0.39, 0.29) is 11.9 Å². The maximum Gasteiger partial charge on any atom is 0.239 e. The van der Waals surface area contributed by atoms with Crippen molar-refractivity contribution in [1.82, 2.24) is 10.2 Å². The van der Waals surface area contributed by atoms with Crippen LogP contribution in [0, 0.1) is 0 Å². The van der Waals surface area contributed by atoms with Gasteiger partial charge in [-0.3, -0.25) is 4.79 Å². The minimum atomic E-state index is 0.0156. The van der Waals surface area contributed by atoms with Gasteiger partial charge >= 0.3 is 0 Å². The van der Waals surface area contributed by atoms with E-state index >= 15 is 0 Å². The second kappa shape index (κ2) is 4.49. The summed E-state index contributed by atoms with van der Waals surface area (Å²) in [6.45, 7) is 1.57. The van der Waals surface area contributed by atoms with Crippen LogP contribution in [0.5, 0.6) is 0 Å². The summed E-state index contributed by atoms with van der Waals surface area (Å²) >= 11 is 0. The van der Waals surface area contributed by atoms with E-state index in [1.807, 2.05) is 13.1 Å². The molecule has 1 unspecified atom stereocenters. The van der Waals surface area contributed by atoms with Gasteiger partial charge in [-0.25, -0.2) is 0 Å². The van der Waals surface area contributed by atoms with Gasteiger partial charge in [0.05, 0.1) is 18.6 Å². The maximum atomic E-state index is 11.9. The highest BCUT2D eigenvalue weighted by atomic mass is 16.3. The van der Waals surface area contributed by atoms with E-state index in [9.17, 15) is 4.79 Å². The number of carbonyl (C=O) groups excluding carboxylic acids is 1. The van der Waals surface area contributed by atoms with Crippen molar-refractivity contribution in [2.75, 3.05) is 13.6 Å².